The standard InChI is InChI=1S/C22H25N3OS/c1-14-11-15(2)23-22-19(14)16(3)20(27-22)21(26)24-18-9-10-25(13-18)12-17-7-5-4-6-8-17/h4-8,11,18H,9-10,12-13H2,1-3H3,(H,24,26)/t18-/m1/s1. The second kappa shape index (κ2) is 7.41. The Bertz CT molecular complexity index is 980. The van der Waals surface area contributed by atoms with Gasteiger partial charge < -0.3 is 5.32 Å². The third-order valence-corrected chi connectivity index (χ3v) is 6.47. The number of benzene rings is 1. The van der Waals surface area contributed by atoms with E-state index in [9.17, 15) is 4.79 Å². The lowest BCUT2D eigenvalue weighted by atomic mass is 10.1. The summed E-state index contributed by atoms with van der Waals surface area (Å²) in [6.07, 6.45) is 0.999. The number of thiophene rings is 1. The van der Waals surface area contributed by atoms with Crippen LogP contribution in [0.5, 0.6) is 0 Å². The molecule has 4 rings (SSSR count). The van der Waals surface area contributed by atoms with E-state index in [1.165, 1.54) is 22.5 Å². The molecule has 5 heteroatoms. The Morgan fingerprint density at radius 3 is 2.81 bits per heavy atom. The summed E-state index contributed by atoms with van der Waals surface area (Å²) in [5.41, 5.74) is 4.57. The van der Waals surface area contributed by atoms with Gasteiger partial charge in [0.25, 0.3) is 5.91 Å². The number of amides is 1. The molecule has 2 aromatic heterocycles. The second-order valence-corrected chi connectivity index (χ2v) is 8.50. The van der Waals surface area contributed by atoms with Gasteiger partial charge in [0.2, 0.25) is 0 Å². The van der Waals surface area contributed by atoms with Crippen LogP contribution < -0.4 is 5.32 Å². The van der Waals surface area contributed by atoms with Crippen molar-refractivity contribution in [1.82, 2.24) is 15.2 Å². The van der Waals surface area contributed by atoms with Crippen LogP contribution in [-0.2, 0) is 6.54 Å². The maximum Gasteiger partial charge on any atom is 0.261 e. The van der Waals surface area contributed by atoms with Gasteiger partial charge in [-0.1, -0.05) is 30.3 Å². The fourth-order valence-electron chi connectivity index (χ4n) is 4.02. The first-order valence-electron chi connectivity index (χ1n) is 9.46. The van der Waals surface area contributed by atoms with Crippen molar-refractivity contribution in [1.29, 1.82) is 0 Å². The van der Waals surface area contributed by atoms with Gasteiger partial charge in [-0.2, -0.15) is 0 Å². The van der Waals surface area contributed by atoms with E-state index in [1.807, 2.05) is 19.9 Å². The van der Waals surface area contributed by atoms with Gasteiger partial charge in [-0.25, -0.2) is 4.98 Å². The van der Waals surface area contributed by atoms with Crippen LogP contribution in [-0.4, -0.2) is 34.9 Å². The summed E-state index contributed by atoms with van der Waals surface area (Å²) in [4.78, 5) is 21.7. The van der Waals surface area contributed by atoms with Crippen molar-refractivity contribution >= 4 is 27.5 Å². The molecule has 3 heterocycles. The molecule has 0 aliphatic carbocycles. The van der Waals surface area contributed by atoms with E-state index in [1.54, 1.807) is 0 Å². The highest BCUT2D eigenvalue weighted by molar-refractivity contribution is 7.20. The molecule has 1 aromatic carbocycles. The number of hydrogen-bond acceptors (Lipinski definition) is 4. The van der Waals surface area contributed by atoms with E-state index in [0.717, 1.165) is 52.4 Å². The number of aromatic nitrogens is 1. The summed E-state index contributed by atoms with van der Waals surface area (Å²) >= 11 is 1.51. The fraction of sp³-hybridized carbons (Fsp3) is 0.364. The van der Waals surface area contributed by atoms with Crippen LogP contribution in [0.1, 0.15) is 38.5 Å². The predicted octanol–water partition coefficient (Wildman–Crippen LogP) is 4.23. The van der Waals surface area contributed by atoms with Gasteiger partial charge >= 0.3 is 0 Å². The molecule has 1 amide bonds. The van der Waals surface area contributed by atoms with Gasteiger partial charge in [-0.15, -0.1) is 11.3 Å². The molecule has 140 valence electrons. The molecule has 1 aliphatic heterocycles. The number of hydrogen-bond donors (Lipinski definition) is 1. The first kappa shape index (κ1) is 18.1. The zero-order valence-corrected chi connectivity index (χ0v) is 16.9. The van der Waals surface area contributed by atoms with E-state index in [0.29, 0.717) is 0 Å². The van der Waals surface area contributed by atoms with Crippen LogP contribution in [0.15, 0.2) is 36.4 Å². The van der Waals surface area contributed by atoms with Crippen molar-refractivity contribution in [3.05, 3.63) is 63.7 Å². The second-order valence-electron chi connectivity index (χ2n) is 7.50. The smallest absolute Gasteiger partial charge is 0.261 e. The molecule has 1 aliphatic rings. The monoisotopic (exact) mass is 379 g/mol. The summed E-state index contributed by atoms with van der Waals surface area (Å²) in [5, 5.41) is 4.38. The number of pyridine rings is 1. The van der Waals surface area contributed by atoms with Gasteiger partial charge in [-0.05, 0) is 49.9 Å². The molecule has 1 saturated heterocycles. The minimum absolute atomic E-state index is 0.0408. The number of aryl methyl sites for hydroxylation is 3. The Balaban J connectivity index is 1.45. The summed E-state index contributed by atoms with van der Waals surface area (Å²) in [6, 6.07) is 12.8. The molecule has 0 radical (unpaired) electrons. The van der Waals surface area contributed by atoms with Crippen molar-refractivity contribution in [2.75, 3.05) is 13.1 Å². The lowest BCUT2D eigenvalue weighted by molar-refractivity contribution is 0.0941. The zero-order chi connectivity index (χ0) is 19.0. The van der Waals surface area contributed by atoms with Gasteiger partial charge in [0.05, 0.1) is 4.88 Å². The van der Waals surface area contributed by atoms with Gasteiger partial charge in [-0.3, -0.25) is 9.69 Å². The SMILES string of the molecule is Cc1cc(C)c2c(C)c(C(=O)N[C@@H]3CCN(Cc4ccccc4)C3)sc2n1. The quantitative estimate of drug-likeness (QED) is 0.738. The topological polar surface area (TPSA) is 45.2 Å². The van der Waals surface area contributed by atoms with E-state index in [4.69, 9.17) is 0 Å². The zero-order valence-electron chi connectivity index (χ0n) is 16.1. The van der Waals surface area contributed by atoms with Gasteiger partial charge in [0.1, 0.15) is 4.83 Å². The van der Waals surface area contributed by atoms with Crippen molar-refractivity contribution in [2.45, 2.75) is 39.8 Å². The molecule has 4 nitrogen and oxygen atoms in total. The van der Waals surface area contributed by atoms with Crippen molar-refractivity contribution in [3.63, 3.8) is 0 Å². The lowest BCUT2D eigenvalue weighted by Gasteiger charge is -2.16. The molecular formula is C22H25N3OS. The van der Waals surface area contributed by atoms with E-state index >= 15 is 0 Å². The first-order valence-corrected chi connectivity index (χ1v) is 10.3. The molecule has 0 bridgehead atoms. The highest BCUT2D eigenvalue weighted by Crippen LogP contribution is 2.32. The number of carbonyl (C=O) groups is 1. The molecule has 1 fully saturated rings. The Hall–Kier alpha value is -2.24. The van der Waals surface area contributed by atoms with Crippen molar-refractivity contribution in [2.24, 2.45) is 0 Å². The fourth-order valence-corrected chi connectivity index (χ4v) is 5.23. The lowest BCUT2D eigenvalue weighted by Crippen LogP contribution is -2.36. The van der Waals surface area contributed by atoms with Crippen LogP contribution in [0.2, 0.25) is 0 Å². The Labute approximate surface area is 164 Å². The minimum Gasteiger partial charge on any atom is -0.347 e. The molecule has 1 atom stereocenters. The summed E-state index contributed by atoms with van der Waals surface area (Å²) in [6.45, 7) is 9.00. The average Bonchev–Trinajstić information content (AvgIpc) is 3.20. The van der Waals surface area contributed by atoms with E-state index in [2.05, 4.69) is 52.5 Å². The number of carbonyl (C=O) groups excluding carboxylic acids is 1. The third kappa shape index (κ3) is 3.75. The Morgan fingerprint density at radius 1 is 1.26 bits per heavy atom. The molecule has 27 heavy (non-hydrogen) atoms. The number of rotatable bonds is 4. The maximum absolute atomic E-state index is 12.9. The molecule has 1 N–H and O–H groups in total. The molecule has 0 spiro atoms. The summed E-state index contributed by atoms with van der Waals surface area (Å²) in [7, 11) is 0. The molecule has 0 saturated carbocycles. The number of nitrogens with one attached hydrogen (secondary N) is 1. The predicted molar refractivity (Wildman–Crippen MR) is 111 cm³/mol. The summed E-state index contributed by atoms with van der Waals surface area (Å²) < 4.78 is 0. The number of nitrogens with zero attached hydrogens (tertiary/aromatic N) is 2. The van der Waals surface area contributed by atoms with Crippen LogP contribution in [0.25, 0.3) is 10.2 Å². The largest absolute Gasteiger partial charge is 0.347 e. The Kier molecular flexibility index (Phi) is 4.98. The highest BCUT2D eigenvalue weighted by atomic mass is 32.1. The maximum atomic E-state index is 12.9. The summed E-state index contributed by atoms with van der Waals surface area (Å²) in [5.74, 6) is 0.0408. The highest BCUT2D eigenvalue weighted by Gasteiger charge is 2.26. The van der Waals surface area contributed by atoms with Crippen LogP contribution >= 0.6 is 11.3 Å². The normalized spacial score (nSPS) is 17.5. The average molecular weight is 380 g/mol. The number of fused-ring (bicyclic) bond motifs is 1. The molecule has 3 aromatic rings. The van der Waals surface area contributed by atoms with Crippen LogP contribution in [0.4, 0.5) is 0 Å². The minimum atomic E-state index is 0.0408. The number of likely N-dealkylation sites (tertiary alicyclic amines) is 1. The first-order chi connectivity index (χ1) is 13.0. The molecular weight excluding hydrogens is 354 g/mol. The molecule has 0 unspecified atom stereocenters. The third-order valence-electron chi connectivity index (χ3n) is 5.29. The van der Waals surface area contributed by atoms with Gasteiger partial charge in [0, 0.05) is 36.8 Å². The van der Waals surface area contributed by atoms with E-state index in [-0.39, 0.29) is 11.9 Å². The Morgan fingerprint density at radius 2 is 2.04 bits per heavy atom. The van der Waals surface area contributed by atoms with E-state index < -0.39 is 0 Å². The van der Waals surface area contributed by atoms with Crippen molar-refractivity contribution in [3.8, 4) is 0 Å². The van der Waals surface area contributed by atoms with Gasteiger partial charge in [0.15, 0.2) is 0 Å². The van der Waals surface area contributed by atoms with Crippen LogP contribution in [0.3, 0.4) is 0 Å². The van der Waals surface area contributed by atoms with Crippen LogP contribution in [0, 0.1) is 20.8 Å². The van der Waals surface area contributed by atoms with Crippen molar-refractivity contribution < 1.29 is 4.79 Å².